The van der Waals surface area contributed by atoms with E-state index in [-0.39, 0.29) is 0 Å². The molecule has 3 nitrogen and oxygen atoms in total. The standard InChI is InChI=1S/C14H16BrN3/c1-10-12(16)9-18-14(13(10)15)17-8-7-11-5-3-2-4-6-11/h2-6,9H,7-8,16H2,1H3,(H,17,18). The van der Waals surface area contributed by atoms with Crippen LogP contribution in [0, 0.1) is 6.92 Å². The van der Waals surface area contributed by atoms with Crippen molar-refractivity contribution in [3.8, 4) is 0 Å². The number of aromatic nitrogens is 1. The predicted octanol–water partition coefficient (Wildman–Crippen LogP) is 3.39. The van der Waals surface area contributed by atoms with E-state index in [1.54, 1.807) is 6.20 Å². The average Bonchev–Trinajstić information content (AvgIpc) is 2.40. The molecular weight excluding hydrogens is 290 g/mol. The molecular formula is C14H16BrN3. The van der Waals surface area contributed by atoms with Gasteiger partial charge in [0.1, 0.15) is 5.82 Å². The lowest BCUT2D eigenvalue weighted by atomic mass is 10.1. The lowest BCUT2D eigenvalue weighted by Crippen LogP contribution is -2.08. The van der Waals surface area contributed by atoms with Gasteiger partial charge in [0, 0.05) is 6.54 Å². The highest BCUT2D eigenvalue weighted by molar-refractivity contribution is 9.10. The van der Waals surface area contributed by atoms with Crippen molar-refractivity contribution in [2.24, 2.45) is 0 Å². The molecule has 0 fully saturated rings. The summed E-state index contributed by atoms with van der Waals surface area (Å²) in [4.78, 5) is 4.29. The molecule has 0 aliphatic rings. The van der Waals surface area contributed by atoms with Crippen LogP contribution in [0.3, 0.4) is 0 Å². The molecule has 3 N–H and O–H groups in total. The quantitative estimate of drug-likeness (QED) is 0.910. The summed E-state index contributed by atoms with van der Waals surface area (Å²) in [6.45, 7) is 2.82. The first-order chi connectivity index (χ1) is 8.68. The lowest BCUT2D eigenvalue weighted by Gasteiger charge is -2.10. The molecule has 0 amide bonds. The van der Waals surface area contributed by atoms with Gasteiger partial charge in [0.15, 0.2) is 0 Å². The summed E-state index contributed by atoms with van der Waals surface area (Å²) in [5, 5.41) is 3.32. The fourth-order valence-electron chi connectivity index (χ4n) is 1.69. The zero-order valence-corrected chi connectivity index (χ0v) is 11.9. The smallest absolute Gasteiger partial charge is 0.140 e. The normalized spacial score (nSPS) is 10.3. The molecule has 94 valence electrons. The Labute approximate surface area is 116 Å². The number of anilines is 2. The van der Waals surface area contributed by atoms with Gasteiger partial charge in [-0.3, -0.25) is 0 Å². The topological polar surface area (TPSA) is 50.9 Å². The highest BCUT2D eigenvalue weighted by atomic mass is 79.9. The summed E-state index contributed by atoms with van der Waals surface area (Å²) >= 11 is 3.51. The molecule has 18 heavy (non-hydrogen) atoms. The van der Waals surface area contributed by atoms with Crippen LogP contribution in [-0.4, -0.2) is 11.5 Å². The zero-order chi connectivity index (χ0) is 13.0. The number of nitrogen functional groups attached to an aromatic ring is 1. The third-order valence-electron chi connectivity index (χ3n) is 2.85. The molecule has 4 heteroatoms. The van der Waals surface area contributed by atoms with Crippen molar-refractivity contribution < 1.29 is 0 Å². The molecule has 1 aromatic carbocycles. The van der Waals surface area contributed by atoms with Crippen LogP contribution in [0.15, 0.2) is 41.0 Å². The van der Waals surface area contributed by atoms with E-state index in [0.717, 1.165) is 28.8 Å². The van der Waals surface area contributed by atoms with E-state index in [9.17, 15) is 0 Å². The second kappa shape index (κ2) is 5.87. The lowest BCUT2D eigenvalue weighted by molar-refractivity contribution is 1.00. The Morgan fingerprint density at radius 3 is 2.72 bits per heavy atom. The average molecular weight is 306 g/mol. The third kappa shape index (κ3) is 3.01. The van der Waals surface area contributed by atoms with Crippen molar-refractivity contribution in [2.45, 2.75) is 13.3 Å². The maximum Gasteiger partial charge on any atom is 0.140 e. The summed E-state index contributed by atoms with van der Waals surface area (Å²) in [6, 6.07) is 10.4. The summed E-state index contributed by atoms with van der Waals surface area (Å²) in [7, 11) is 0. The minimum atomic E-state index is 0.704. The minimum Gasteiger partial charge on any atom is -0.397 e. The number of hydrogen-bond donors (Lipinski definition) is 2. The number of benzene rings is 1. The first-order valence-corrected chi connectivity index (χ1v) is 6.66. The van der Waals surface area contributed by atoms with Crippen molar-refractivity contribution >= 4 is 27.4 Å². The van der Waals surface area contributed by atoms with E-state index >= 15 is 0 Å². The molecule has 2 aromatic rings. The van der Waals surface area contributed by atoms with Crippen LogP contribution in [0.1, 0.15) is 11.1 Å². The largest absolute Gasteiger partial charge is 0.397 e. The van der Waals surface area contributed by atoms with E-state index in [0.29, 0.717) is 5.69 Å². The Bertz CT molecular complexity index is 526. The van der Waals surface area contributed by atoms with E-state index in [1.165, 1.54) is 5.56 Å². The minimum absolute atomic E-state index is 0.704. The second-order valence-corrected chi connectivity index (χ2v) is 4.96. The van der Waals surface area contributed by atoms with Crippen molar-refractivity contribution in [1.82, 2.24) is 4.98 Å². The molecule has 0 spiro atoms. The first kappa shape index (κ1) is 12.9. The van der Waals surface area contributed by atoms with Gasteiger partial charge in [-0.1, -0.05) is 30.3 Å². The van der Waals surface area contributed by atoms with Gasteiger partial charge >= 0.3 is 0 Å². The maximum atomic E-state index is 5.79. The molecule has 1 heterocycles. The molecule has 0 unspecified atom stereocenters. The van der Waals surface area contributed by atoms with E-state index in [1.807, 2.05) is 13.0 Å². The number of nitrogens with zero attached hydrogens (tertiary/aromatic N) is 1. The molecule has 0 saturated heterocycles. The van der Waals surface area contributed by atoms with E-state index in [2.05, 4.69) is 50.5 Å². The molecule has 0 aliphatic heterocycles. The van der Waals surface area contributed by atoms with Crippen LogP contribution >= 0.6 is 15.9 Å². The van der Waals surface area contributed by atoms with Gasteiger partial charge < -0.3 is 11.1 Å². The number of hydrogen-bond acceptors (Lipinski definition) is 3. The molecule has 0 atom stereocenters. The number of halogens is 1. The Morgan fingerprint density at radius 1 is 1.28 bits per heavy atom. The zero-order valence-electron chi connectivity index (χ0n) is 10.3. The summed E-state index contributed by atoms with van der Waals surface area (Å²) in [6.07, 6.45) is 2.66. The molecule has 2 rings (SSSR count). The Kier molecular flexibility index (Phi) is 4.20. The van der Waals surface area contributed by atoms with Crippen LogP contribution in [0.4, 0.5) is 11.5 Å². The van der Waals surface area contributed by atoms with Crippen molar-refractivity contribution in [3.05, 3.63) is 52.1 Å². The first-order valence-electron chi connectivity index (χ1n) is 5.87. The number of rotatable bonds is 4. The second-order valence-electron chi connectivity index (χ2n) is 4.16. The number of nitrogens with one attached hydrogen (secondary N) is 1. The SMILES string of the molecule is Cc1c(N)cnc(NCCc2ccccc2)c1Br. The van der Waals surface area contributed by atoms with Crippen LogP contribution < -0.4 is 11.1 Å². The highest BCUT2D eigenvalue weighted by Crippen LogP contribution is 2.27. The van der Waals surface area contributed by atoms with Crippen molar-refractivity contribution in [1.29, 1.82) is 0 Å². The van der Waals surface area contributed by atoms with Gasteiger partial charge in [-0.15, -0.1) is 0 Å². The van der Waals surface area contributed by atoms with Gasteiger partial charge in [0.05, 0.1) is 16.4 Å². The van der Waals surface area contributed by atoms with Gasteiger partial charge in [-0.2, -0.15) is 0 Å². The molecule has 0 radical (unpaired) electrons. The Hall–Kier alpha value is -1.55. The van der Waals surface area contributed by atoms with Crippen LogP contribution in [0.2, 0.25) is 0 Å². The molecule has 0 aliphatic carbocycles. The molecule has 0 bridgehead atoms. The van der Waals surface area contributed by atoms with Crippen LogP contribution in [0.5, 0.6) is 0 Å². The monoisotopic (exact) mass is 305 g/mol. The molecule has 1 aromatic heterocycles. The maximum absolute atomic E-state index is 5.79. The highest BCUT2D eigenvalue weighted by Gasteiger charge is 2.06. The van der Waals surface area contributed by atoms with Crippen molar-refractivity contribution in [3.63, 3.8) is 0 Å². The fourth-order valence-corrected chi connectivity index (χ4v) is 2.16. The summed E-state index contributed by atoms with van der Waals surface area (Å²) in [5.74, 6) is 0.845. The predicted molar refractivity (Wildman–Crippen MR) is 79.7 cm³/mol. The van der Waals surface area contributed by atoms with Crippen molar-refractivity contribution in [2.75, 3.05) is 17.6 Å². The van der Waals surface area contributed by atoms with E-state index in [4.69, 9.17) is 5.73 Å². The molecule has 0 saturated carbocycles. The van der Waals surface area contributed by atoms with E-state index < -0.39 is 0 Å². The third-order valence-corrected chi connectivity index (χ3v) is 3.82. The van der Waals surface area contributed by atoms with Gasteiger partial charge in [-0.05, 0) is 40.4 Å². The summed E-state index contributed by atoms with van der Waals surface area (Å²) in [5.41, 5.74) is 8.83. The van der Waals surface area contributed by atoms with Gasteiger partial charge in [-0.25, -0.2) is 4.98 Å². The van der Waals surface area contributed by atoms with Crippen LogP contribution in [-0.2, 0) is 6.42 Å². The Morgan fingerprint density at radius 2 is 2.00 bits per heavy atom. The van der Waals surface area contributed by atoms with Gasteiger partial charge in [0.25, 0.3) is 0 Å². The number of pyridine rings is 1. The summed E-state index contributed by atoms with van der Waals surface area (Å²) < 4.78 is 0.940. The fraction of sp³-hybridized carbons (Fsp3) is 0.214. The Balaban J connectivity index is 1.97. The van der Waals surface area contributed by atoms with Crippen LogP contribution in [0.25, 0.3) is 0 Å². The van der Waals surface area contributed by atoms with Gasteiger partial charge in [0.2, 0.25) is 0 Å². The number of nitrogens with two attached hydrogens (primary N) is 1.